The first-order valence-electron chi connectivity index (χ1n) is 6.53. The molecule has 0 radical (unpaired) electrons. The molecule has 0 bridgehead atoms. The Bertz CT molecular complexity index is 232. The number of hydrogen-bond donors (Lipinski definition) is 0. The molecule has 0 N–H and O–H groups in total. The van der Waals surface area contributed by atoms with Crippen LogP contribution >= 0.6 is 11.6 Å². The van der Waals surface area contributed by atoms with Gasteiger partial charge in [0.1, 0.15) is 0 Å². The molecule has 1 heterocycles. The van der Waals surface area contributed by atoms with E-state index in [0.29, 0.717) is 12.5 Å². The van der Waals surface area contributed by atoms with Crippen molar-refractivity contribution in [3.05, 3.63) is 0 Å². The van der Waals surface area contributed by atoms with Crippen LogP contribution in [0.1, 0.15) is 46.0 Å². The Kier molecular flexibility index (Phi) is 4.15. The molecule has 1 aliphatic carbocycles. The molecule has 2 fully saturated rings. The van der Waals surface area contributed by atoms with E-state index in [1.807, 2.05) is 0 Å². The zero-order valence-electron chi connectivity index (χ0n) is 10.4. The van der Waals surface area contributed by atoms with Crippen molar-refractivity contribution in [2.75, 3.05) is 12.5 Å². The maximum atomic E-state index is 5.99. The number of rotatable bonds is 2. The van der Waals surface area contributed by atoms with Crippen LogP contribution in [0.15, 0.2) is 0 Å². The van der Waals surface area contributed by atoms with Gasteiger partial charge in [-0.1, -0.05) is 20.3 Å². The number of hydrogen-bond acceptors (Lipinski definition) is 2. The van der Waals surface area contributed by atoms with Crippen molar-refractivity contribution < 1.29 is 9.47 Å². The van der Waals surface area contributed by atoms with E-state index < -0.39 is 0 Å². The van der Waals surface area contributed by atoms with E-state index in [1.165, 1.54) is 19.3 Å². The van der Waals surface area contributed by atoms with Gasteiger partial charge in [-0.25, -0.2) is 0 Å². The van der Waals surface area contributed by atoms with Gasteiger partial charge in [-0.15, -0.1) is 11.6 Å². The zero-order chi connectivity index (χ0) is 11.6. The van der Waals surface area contributed by atoms with Gasteiger partial charge < -0.3 is 9.47 Å². The molecule has 3 atom stereocenters. The highest BCUT2D eigenvalue weighted by molar-refractivity contribution is 6.18. The van der Waals surface area contributed by atoms with Gasteiger partial charge in [-0.05, 0) is 24.7 Å². The monoisotopic (exact) mass is 246 g/mol. The maximum Gasteiger partial charge on any atom is 0.168 e. The Balaban J connectivity index is 1.93. The fraction of sp³-hybridized carbons (Fsp3) is 1.00. The molecular weight excluding hydrogens is 224 g/mol. The molecule has 1 saturated carbocycles. The predicted octanol–water partition coefficient (Wildman–Crippen LogP) is 3.57. The fourth-order valence-electron chi connectivity index (χ4n) is 2.93. The molecule has 0 aromatic carbocycles. The van der Waals surface area contributed by atoms with Crippen molar-refractivity contribution in [1.82, 2.24) is 0 Å². The third kappa shape index (κ3) is 2.72. The summed E-state index contributed by atoms with van der Waals surface area (Å²) in [6.45, 7) is 5.32. The van der Waals surface area contributed by atoms with Crippen LogP contribution in [0.3, 0.4) is 0 Å². The molecule has 1 aliphatic heterocycles. The van der Waals surface area contributed by atoms with Crippen molar-refractivity contribution in [3.8, 4) is 0 Å². The van der Waals surface area contributed by atoms with Crippen LogP contribution in [0.25, 0.3) is 0 Å². The van der Waals surface area contributed by atoms with E-state index in [-0.39, 0.29) is 11.9 Å². The Morgan fingerprint density at radius 1 is 1.31 bits per heavy atom. The molecular formula is C13H23ClO2. The summed E-state index contributed by atoms with van der Waals surface area (Å²) in [5.41, 5.74) is 0. The first-order chi connectivity index (χ1) is 7.65. The molecule has 3 heteroatoms. The minimum atomic E-state index is -0.288. The van der Waals surface area contributed by atoms with E-state index in [0.717, 1.165) is 24.7 Å². The second-order valence-electron chi connectivity index (χ2n) is 5.55. The molecule has 16 heavy (non-hydrogen) atoms. The molecule has 94 valence electrons. The summed E-state index contributed by atoms with van der Waals surface area (Å²) in [4.78, 5) is 0. The maximum absolute atomic E-state index is 5.99. The average Bonchev–Trinajstić information content (AvgIpc) is 2.53. The van der Waals surface area contributed by atoms with Crippen molar-refractivity contribution in [3.63, 3.8) is 0 Å². The van der Waals surface area contributed by atoms with Gasteiger partial charge in [0, 0.05) is 12.8 Å². The highest BCUT2D eigenvalue weighted by atomic mass is 35.5. The molecule has 2 rings (SSSR count). The van der Waals surface area contributed by atoms with Crippen LogP contribution in [0.4, 0.5) is 0 Å². The fourth-order valence-corrected chi connectivity index (χ4v) is 3.08. The quantitative estimate of drug-likeness (QED) is 0.694. The Labute approximate surface area is 104 Å². The molecule has 1 saturated heterocycles. The van der Waals surface area contributed by atoms with Gasteiger partial charge in [0.2, 0.25) is 0 Å². The average molecular weight is 247 g/mol. The van der Waals surface area contributed by atoms with Gasteiger partial charge in [0.05, 0.1) is 18.6 Å². The van der Waals surface area contributed by atoms with Crippen LogP contribution in [-0.2, 0) is 9.47 Å². The lowest BCUT2D eigenvalue weighted by atomic mass is 9.89. The van der Waals surface area contributed by atoms with Crippen LogP contribution in [0.5, 0.6) is 0 Å². The van der Waals surface area contributed by atoms with Crippen LogP contribution in [0, 0.1) is 11.8 Å². The summed E-state index contributed by atoms with van der Waals surface area (Å²) in [6.07, 6.45) is 5.96. The van der Waals surface area contributed by atoms with Crippen molar-refractivity contribution >= 4 is 11.6 Å². The van der Waals surface area contributed by atoms with Gasteiger partial charge >= 0.3 is 0 Å². The third-order valence-electron chi connectivity index (χ3n) is 4.06. The molecule has 3 unspecified atom stereocenters. The van der Waals surface area contributed by atoms with E-state index in [9.17, 15) is 0 Å². The third-order valence-corrected chi connectivity index (χ3v) is 4.40. The van der Waals surface area contributed by atoms with Crippen molar-refractivity contribution in [1.29, 1.82) is 0 Å². The minimum absolute atomic E-state index is 0.109. The van der Waals surface area contributed by atoms with E-state index in [2.05, 4.69) is 13.8 Å². The molecule has 0 aromatic heterocycles. The zero-order valence-corrected chi connectivity index (χ0v) is 11.1. The number of ether oxygens (including phenoxy) is 2. The summed E-state index contributed by atoms with van der Waals surface area (Å²) in [5, 5.41) is 0. The Hall–Kier alpha value is 0.210. The smallest absolute Gasteiger partial charge is 0.168 e. The number of halogens is 1. The molecule has 0 amide bonds. The van der Waals surface area contributed by atoms with Crippen molar-refractivity contribution in [2.45, 2.75) is 57.8 Å². The van der Waals surface area contributed by atoms with Crippen LogP contribution < -0.4 is 0 Å². The summed E-state index contributed by atoms with van der Waals surface area (Å²) < 4.78 is 11.9. The topological polar surface area (TPSA) is 18.5 Å². The van der Waals surface area contributed by atoms with Gasteiger partial charge in [0.15, 0.2) is 5.79 Å². The van der Waals surface area contributed by atoms with Crippen molar-refractivity contribution in [2.24, 2.45) is 11.8 Å². The van der Waals surface area contributed by atoms with Crippen LogP contribution in [-0.4, -0.2) is 24.4 Å². The second kappa shape index (κ2) is 5.24. The van der Waals surface area contributed by atoms with Crippen LogP contribution in [0.2, 0.25) is 0 Å². The SMILES string of the molecule is CC(C)C1CCCC2(CC1)OCC(CCl)O2. The number of alkyl halides is 1. The van der Waals surface area contributed by atoms with E-state index in [1.54, 1.807) is 0 Å². The summed E-state index contributed by atoms with van der Waals surface area (Å²) in [7, 11) is 0. The molecule has 1 spiro atoms. The van der Waals surface area contributed by atoms with Gasteiger partial charge in [-0.3, -0.25) is 0 Å². The summed E-state index contributed by atoms with van der Waals surface area (Å²) >= 11 is 5.83. The summed E-state index contributed by atoms with van der Waals surface area (Å²) in [5.74, 6) is 1.88. The molecule has 2 nitrogen and oxygen atoms in total. The minimum Gasteiger partial charge on any atom is -0.347 e. The molecule has 0 aromatic rings. The highest BCUT2D eigenvalue weighted by Crippen LogP contribution is 2.40. The lowest BCUT2D eigenvalue weighted by Crippen LogP contribution is -2.30. The predicted molar refractivity (Wildman–Crippen MR) is 65.7 cm³/mol. The Morgan fingerprint density at radius 3 is 2.75 bits per heavy atom. The highest BCUT2D eigenvalue weighted by Gasteiger charge is 2.42. The first kappa shape index (κ1) is 12.7. The lowest BCUT2D eigenvalue weighted by Gasteiger charge is -2.26. The standard InChI is InChI=1S/C13H23ClO2/c1-10(2)11-4-3-6-13(7-5-11)15-9-12(8-14)16-13/h10-12H,3-9H2,1-2H3. The summed E-state index contributed by atoms with van der Waals surface area (Å²) in [6, 6.07) is 0. The Morgan fingerprint density at radius 2 is 2.12 bits per heavy atom. The van der Waals surface area contributed by atoms with Gasteiger partial charge in [-0.2, -0.15) is 0 Å². The lowest BCUT2D eigenvalue weighted by molar-refractivity contribution is -0.174. The normalized spacial score (nSPS) is 40.5. The van der Waals surface area contributed by atoms with Gasteiger partial charge in [0.25, 0.3) is 0 Å². The molecule has 2 aliphatic rings. The largest absolute Gasteiger partial charge is 0.347 e. The first-order valence-corrected chi connectivity index (χ1v) is 7.06. The van der Waals surface area contributed by atoms with E-state index in [4.69, 9.17) is 21.1 Å². The van der Waals surface area contributed by atoms with E-state index >= 15 is 0 Å². The second-order valence-corrected chi connectivity index (χ2v) is 5.86.